The molecule has 0 aromatic rings. The van der Waals surface area contributed by atoms with Crippen LogP contribution in [0.5, 0.6) is 0 Å². The minimum Gasteiger partial charge on any atom is -0.0961 e. The van der Waals surface area contributed by atoms with Gasteiger partial charge in [0.2, 0.25) is 0 Å². The van der Waals surface area contributed by atoms with E-state index in [0.717, 1.165) is 5.57 Å². The van der Waals surface area contributed by atoms with Gasteiger partial charge in [0.15, 0.2) is 0 Å². The number of hydrogen-bond donors (Lipinski definition) is 0. The Morgan fingerprint density at radius 3 is 2.58 bits per heavy atom. The molecule has 0 heteroatoms. The van der Waals surface area contributed by atoms with Gasteiger partial charge < -0.3 is 0 Å². The highest BCUT2D eigenvalue weighted by Crippen LogP contribution is 2.42. The van der Waals surface area contributed by atoms with Gasteiger partial charge in [-0.15, -0.1) is 0 Å². The van der Waals surface area contributed by atoms with Crippen LogP contribution in [0.3, 0.4) is 0 Å². The standard InChI is InChI=1S/C19H30/c1-15(2)9-7-10-16(3)12-13-18-17(4)11-8-14-19(18,5)6/h7,9-10H,1,8,11-14H2,2-6H3/b9-7+,16-10+. The smallest absolute Gasteiger partial charge is 0.0142 e. The van der Waals surface area contributed by atoms with Gasteiger partial charge in [-0.25, -0.2) is 0 Å². The summed E-state index contributed by atoms with van der Waals surface area (Å²) in [5.74, 6) is 0. The summed E-state index contributed by atoms with van der Waals surface area (Å²) in [6, 6.07) is 0. The van der Waals surface area contributed by atoms with E-state index in [1.54, 1.807) is 11.1 Å². The van der Waals surface area contributed by atoms with Crippen LogP contribution in [0.2, 0.25) is 0 Å². The second-order valence-corrected chi connectivity index (χ2v) is 6.71. The summed E-state index contributed by atoms with van der Waals surface area (Å²) in [5, 5.41) is 0. The lowest BCUT2D eigenvalue weighted by atomic mass is 9.71. The molecule has 0 saturated carbocycles. The molecule has 0 N–H and O–H groups in total. The fraction of sp³-hybridized carbons (Fsp3) is 0.579. The van der Waals surface area contributed by atoms with E-state index in [4.69, 9.17) is 0 Å². The third kappa shape index (κ3) is 5.22. The van der Waals surface area contributed by atoms with Crippen molar-refractivity contribution in [2.45, 2.75) is 66.7 Å². The molecule has 1 rings (SSSR count). The van der Waals surface area contributed by atoms with Crippen molar-refractivity contribution in [1.82, 2.24) is 0 Å². The summed E-state index contributed by atoms with van der Waals surface area (Å²) in [6.45, 7) is 15.3. The predicted molar refractivity (Wildman–Crippen MR) is 87.3 cm³/mol. The maximum absolute atomic E-state index is 3.88. The molecule has 0 heterocycles. The zero-order valence-corrected chi connectivity index (χ0v) is 13.5. The van der Waals surface area contributed by atoms with E-state index in [0.29, 0.717) is 5.41 Å². The molecule has 0 atom stereocenters. The van der Waals surface area contributed by atoms with Crippen LogP contribution >= 0.6 is 0 Å². The van der Waals surface area contributed by atoms with Gasteiger partial charge in [-0.1, -0.05) is 60.9 Å². The zero-order valence-electron chi connectivity index (χ0n) is 13.5. The lowest BCUT2D eigenvalue weighted by Crippen LogP contribution is -2.20. The second-order valence-electron chi connectivity index (χ2n) is 6.71. The molecule has 106 valence electrons. The van der Waals surface area contributed by atoms with Crippen LogP contribution in [0, 0.1) is 5.41 Å². The molecule has 1 aliphatic carbocycles. The third-order valence-corrected chi connectivity index (χ3v) is 4.22. The van der Waals surface area contributed by atoms with E-state index < -0.39 is 0 Å². The maximum atomic E-state index is 3.88. The van der Waals surface area contributed by atoms with Gasteiger partial charge in [0.25, 0.3) is 0 Å². The van der Waals surface area contributed by atoms with Crippen LogP contribution < -0.4 is 0 Å². The van der Waals surface area contributed by atoms with E-state index in [2.05, 4.69) is 52.5 Å². The average molecular weight is 258 g/mol. The first-order valence-corrected chi connectivity index (χ1v) is 7.51. The molecule has 0 fully saturated rings. The molecule has 1 aliphatic rings. The van der Waals surface area contributed by atoms with Crippen molar-refractivity contribution in [3.05, 3.63) is 47.1 Å². The Balaban J connectivity index is 2.63. The Morgan fingerprint density at radius 1 is 1.32 bits per heavy atom. The molecular weight excluding hydrogens is 228 g/mol. The van der Waals surface area contributed by atoms with Crippen LogP contribution in [-0.2, 0) is 0 Å². The van der Waals surface area contributed by atoms with Crippen molar-refractivity contribution in [1.29, 1.82) is 0 Å². The van der Waals surface area contributed by atoms with E-state index in [1.807, 2.05) is 6.92 Å². The number of rotatable bonds is 5. The monoisotopic (exact) mass is 258 g/mol. The lowest BCUT2D eigenvalue weighted by Gasteiger charge is -2.34. The third-order valence-electron chi connectivity index (χ3n) is 4.22. The number of allylic oxidation sites excluding steroid dienone is 7. The largest absolute Gasteiger partial charge is 0.0961 e. The summed E-state index contributed by atoms with van der Waals surface area (Å²) in [6.07, 6.45) is 12.8. The SMILES string of the molecule is C=C(C)/C=C/C=C(\C)CCC1=C(C)CCCC1(C)C. The highest BCUT2D eigenvalue weighted by atomic mass is 14.3. The molecule has 0 amide bonds. The van der Waals surface area contributed by atoms with Crippen molar-refractivity contribution in [3.8, 4) is 0 Å². The highest BCUT2D eigenvalue weighted by Gasteiger charge is 2.27. The highest BCUT2D eigenvalue weighted by molar-refractivity contribution is 5.25. The van der Waals surface area contributed by atoms with Crippen molar-refractivity contribution in [2.24, 2.45) is 5.41 Å². The van der Waals surface area contributed by atoms with E-state index in [1.165, 1.54) is 37.7 Å². The van der Waals surface area contributed by atoms with Crippen LogP contribution in [0.25, 0.3) is 0 Å². The van der Waals surface area contributed by atoms with Gasteiger partial charge in [-0.2, -0.15) is 0 Å². The first kappa shape index (κ1) is 16.0. The molecule has 0 spiro atoms. The molecule has 0 radical (unpaired) electrons. The van der Waals surface area contributed by atoms with Crippen molar-refractivity contribution < 1.29 is 0 Å². The second kappa shape index (κ2) is 6.93. The molecule has 0 aliphatic heterocycles. The maximum Gasteiger partial charge on any atom is -0.0142 e. The summed E-state index contributed by atoms with van der Waals surface area (Å²) >= 11 is 0. The molecule has 0 nitrogen and oxygen atoms in total. The average Bonchev–Trinajstić information content (AvgIpc) is 2.26. The Hall–Kier alpha value is -1.04. The fourth-order valence-corrected chi connectivity index (χ4v) is 3.01. The lowest BCUT2D eigenvalue weighted by molar-refractivity contribution is 0.354. The van der Waals surface area contributed by atoms with Gasteiger partial charge in [0.05, 0.1) is 0 Å². The summed E-state index contributed by atoms with van der Waals surface area (Å²) < 4.78 is 0. The Kier molecular flexibility index (Phi) is 5.85. The summed E-state index contributed by atoms with van der Waals surface area (Å²) in [7, 11) is 0. The van der Waals surface area contributed by atoms with Crippen LogP contribution in [-0.4, -0.2) is 0 Å². The van der Waals surface area contributed by atoms with E-state index in [9.17, 15) is 0 Å². The Morgan fingerprint density at radius 2 is 2.00 bits per heavy atom. The normalized spacial score (nSPS) is 20.2. The minimum atomic E-state index is 0.413. The Labute approximate surface area is 120 Å². The summed E-state index contributed by atoms with van der Waals surface area (Å²) in [4.78, 5) is 0. The van der Waals surface area contributed by atoms with E-state index >= 15 is 0 Å². The van der Waals surface area contributed by atoms with Gasteiger partial charge in [0.1, 0.15) is 0 Å². The first-order chi connectivity index (χ1) is 8.83. The number of hydrogen-bond acceptors (Lipinski definition) is 0. The van der Waals surface area contributed by atoms with Crippen LogP contribution in [0.15, 0.2) is 47.1 Å². The Bertz CT molecular complexity index is 413. The molecule has 19 heavy (non-hydrogen) atoms. The molecule has 0 saturated heterocycles. The van der Waals surface area contributed by atoms with E-state index in [-0.39, 0.29) is 0 Å². The van der Waals surface area contributed by atoms with Crippen LogP contribution in [0.1, 0.15) is 66.7 Å². The van der Waals surface area contributed by atoms with Crippen LogP contribution in [0.4, 0.5) is 0 Å². The summed E-state index contributed by atoms with van der Waals surface area (Å²) in [5.41, 5.74) is 6.32. The first-order valence-electron chi connectivity index (χ1n) is 7.51. The van der Waals surface area contributed by atoms with Crippen molar-refractivity contribution in [3.63, 3.8) is 0 Å². The molecule has 0 aromatic heterocycles. The van der Waals surface area contributed by atoms with Gasteiger partial charge in [-0.3, -0.25) is 0 Å². The zero-order chi connectivity index (χ0) is 14.5. The van der Waals surface area contributed by atoms with Gasteiger partial charge >= 0.3 is 0 Å². The fourth-order valence-electron chi connectivity index (χ4n) is 3.01. The molecular formula is C19H30. The topological polar surface area (TPSA) is 0 Å². The molecule has 0 aromatic carbocycles. The molecule has 0 unspecified atom stereocenters. The van der Waals surface area contributed by atoms with Gasteiger partial charge in [-0.05, 0) is 58.3 Å². The van der Waals surface area contributed by atoms with Gasteiger partial charge in [0, 0.05) is 0 Å². The molecule has 0 bridgehead atoms. The minimum absolute atomic E-state index is 0.413. The quantitative estimate of drug-likeness (QED) is 0.397. The van der Waals surface area contributed by atoms with Crippen molar-refractivity contribution >= 4 is 0 Å². The predicted octanol–water partition coefficient (Wildman–Crippen LogP) is 6.37. The van der Waals surface area contributed by atoms with Crippen molar-refractivity contribution in [2.75, 3.05) is 0 Å².